The average Bonchev–Trinajstić information content (AvgIpc) is 3.19. The molecule has 2 N–H and O–H groups in total. The van der Waals surface area contributed by atoms with Gasteiger partial charge in [-0.25, -0.2) is 4.79 Å². The predicted molar refractivity (Wildman–Crippen MR) is 118 cm³/mol. The third-order valence-corrected chi connectivity index (χ3v) is 4.61. The number of benzene rings is 1. The van der Waals surface area contributed by atoms with Crippen molar-refractivity contribution in [1.82, 2.24) is 10.3 Å². The molecule has 0 aliphatic carbocycles. The Morgan fingerprint density at radius 3 is 2.52 bits per heavy atom. The van der Waals surface area contributed by atoms with Crippen molar-refractivity contribution in [3.8, 4) is 0 Å². The summed E-state index contributed by atoms with van der Waals surface area (Å²) in [6.07, 6.45) is 2.15. The summed E-state index contributed by atoms with van der Waals surface area (Å²) in [5.41, 5.74) is 0.995. The zero-order chi connectivity index (χ0) is 22.4. The zero-order valence-corrected chi connectivity index (χ0v) is 18.0. The molecule has 0 bridgehead atoms. The molecule has 0 saturated carbocycles. The molecule has 0 saturated heterocycles. The maximum atomic E-state index is 12.9. The number of hydrazone groups is 1. The summed E-state index contributed by atoms with van der Waals surface area (Å²) in [7, 11) is 0. The van der Waals surface area contributed by atoms with E-state index in [2.05, 4.69) is 15.4 Å². The number of aromatic nitrogens is 1. The second-order valence-electron chi connectivity index (χ2n) is 8.36. The predicted octanol–water partition coefficient (Wildman–Crippen LogP) is 2.08. The van der Waals surface area contributed by atoms with E-state index in [1.165, 1.54) is 5.01 Å². The number of carbonyl (C=O) groups is 2. The van der Waals surface area contributed by atoms with Gasteiger partial charge in [-0.2, -0.15) is 5.10 Å². The first-order valence-electron chi connectivity index (χ1n) is 10.2. The number of aliphatic hydroxyl groups is 1. The fourth-order valence-corrected chi connectivity index (χ4v) is 3.22. The highest BCUT2D eigenvalue weighted by Crippen LogP contribution is 2.26. The number of rotatable bonds is 7. The normalized spacial score (nSPS) is 17.1. The molecule has 8 nitrogen and oxygen atoms in total. The Morgan fingerprint density at radius 1 is 1.19 bits per heavy atom. The molecular formula is C23H28N4O4. The molecule has 164 valence electrons. The van der Waals surface area contributed by atoms with Crippen molar-refractivity contribution in [1.29, 1.82) is 0 Å². The van der Waals surface area contributed by atoms with Crippen molar-refractivity contribution in [3.05, 3.63) is 60.4 Å². The molecule has 0 fully saturated rings. The van der Waals surface area contributed by atoms with Crippen LogP contribution in [0.1, 0.15) is 32.9 Å². The number of amides is 1. The summed E-state index contributed by atoms with van der Waals surface area (Å²) in [4.78, 5) is 29.9. The Bertz CT molecular complexity index is 926. The molecule has 2 atom stereocenters. The van der Waals surface area contributed by atoms with Crippen LogP contribution in [-0.2, 0) is 20.7 Å². The maximum Gasteiger partial charge on any atom is 0.331 e. The van der Waals surface area contributed by atoms with E-state index in [1.807, 2.05) is 42.5 Å². The van der Waals surface area contributed by atoms with Crippen molar-refractivity contribution >= 4 is 23.3 Å². The summed E-state index contributed by atoms with van der Waals surface area (Å²) in [5.74, 6) is -0.878. The third-order valence-electron chi connectivity index (χ3n) is 4.61. The first-order valence-corrected chi connectivity index (χ1v) is 10.2. The first kappa shape index (κ1) is 22.4. The van der Waals surface area contributed by atoms with Gasteiger partial charge in [-0.05, 0) is 45.0 Å². The number of carbonyl (C=O) groups excluding carboxylic acids is 2. The zero-order valence-electron chi connectivity index (χ0n) is 18.0. The van der Waals surface area contributed by atoms with Crippen LogP contribution in [0.15, 0.2) is 59.8 Å². The standard InChI is InChI=1S/C23H28N4O4/c1-23(2,3)31-22(30)20-14-19(26-27(20)18-10-5-4-6-11-18)21(29)25-17(15-28)13-16-9-7-8-12-24-16/h4-12,17,20,28H,13-15H2,1-3H3,(H,25,29)/t17-,20-/m0/s1. The van der Waals surface area contributed by atoms with Crippen LogP contribution >= 0.6 is 0 Å². The lowest BCUT2D eigenvalue weighted by Gasteiger charge is -2.26. The lowest BCUT2D eigenvalue weighted by Crippen LogP contribution is -2.43. The quantitative estimate of drug-likeness (QED) is 0.660. The smallest absolute Gasteiger partial charge is 0.331 e. The molecule has 1 aromatic heterocycles. The van der Waals surface area contributed by atoms with E-state index in [4.69, 9.17) is 4.74 Å². The molecule has 1 amide bonds. The average molecular weight is 425 g/mol. The van der Waals surface area contributed by atoms with Crippen LogP contribution < -0.4 is 10.3 Å². The molecule has 31 heavy (non-hydrogen) atoms. The van der Waals surface area contributed by atoms with E-state index >= 15 is 0 Å². The van der Waals surface area contributed by atoms with Crippen molar-refractivity contribution in [2.24, 2.45) is 5.10 Å². The molecule has 0 spiro atoms. The Hall–Kier alpha value is -3.26. The number of anilines is 1. The lowest BCUT2D eigenvalue weighted by atomic mass is 10.1. The van der Waals surface area contributed by atoms with Gasteiger partial charge < -0.3 is 15.2 Å². The summed E-state index contributed by atoms with van der Waals surface area (Å²) in [6.45, 7) is 5.15. The van der Waals surface area contributed by atoms with Crippen LogP contribution in [0.4, 0.5) is 5.69 Å². The van der Waals surface area contributed by atoms with Gasteiger partial charge >= 0.3 is 5.97 Å². The highest BCUT2D eigenvalue weighted by molar-refractivity contribution is 6.40. The van der Waals surface area contributed by atoms with Gasteiger partial charge in [0.1, 0.15) is 11.3 Å². The van der Waals surface area contributed by atoms with Crippen LogP contribution in [-0.4, -0.2) is 52.0 Å². The van der Waals surface area contributed by atoms with Crippen LogP contribution in [0.5, 0.6) is 0 Å². The van der Waals surface area contributed by atoms with Gasteiger partial charge in [0.25, 0.3) is 5.91 Å². The number of ether oxygens (including phenoxy) is 1. The van der Waals surface area contributed by atoms with Crippen molar-refractivity contribution in [2.75, 3.05) is 11.6 Å². The van der Waals surface area contributed by atoms with Gasteiger partial charge in [-0.15, -0.1) is 0 Å². The van der Waals surface area contributed by atoms with Gasteiger partial charge in [-0.3, -0.25) is 14.8 Å². The third kappa shape index (κ3) is 6.11. The van der Waals surface area contributed by atoms with E-state index in [1.54, 1.807) is 33.0 Å². The molecule has 2 aromatic rings. The highest BCUT2D eigenvalue weighted by atomic mass is 16.6. The van der Waals surface area contributed by atoms with E-state index in [-0.39, 0.29) is 18.7 Å². The molecule has 1 aliphatic heterocycles. The van der Waals surface area contributed by atoms with Gasteiger partial charge in [0.15, 0.2) is 6.04 Å². The van der Waals surface area contributed by atoms with Crippen LogP contribution in [0.25, 0.3) is 0 Å². The Balaban J connectivity index is 1.76. The number of hydrogen-bond acceptors (Lipinski definition) is 7. The Labute approximate surface area is 181 Å². The number of hydrogen-bond donors (Lipinski definition) is 2. The number of nitrogens with zero attached hydrogens (tertiary/aromatic N) is 3. The molecular weight excluding hydrogens is 396 g/mol. The van der Waals surface area contributed by atoms with Gasteiger partial charge in [0.05, 0.1) is 18.3 Å². The minimum atomic E-state index is -0.745. The Kier molecular flexibility index (Phi) is 7.02. The lowest BCUT2D eigenvalue weighted by molar-refractivity contribution is -0.156. The molecule has 8 heteroatoms. The van der Waals surface area contributed by atoms with E-state index in [0.29, 0.717) is 12.1 Å². The summed E-state index contributed by atoms with van der Waals surface area (Å²) in [5, 5.41) is 18.5. The molecule has 3 rings (SSSR count). The monoisotopic (exact) mass is 424 g/mol. The van der Waals surface area contributed by atoms with Crippen molar-refractivity contribution in [2.45, 2.75) is 51.3 Å². The van der Waals surface area contributed by atoms with E-state index < -0.39 is 29.6 Å². The largest absolute Gasteiger partial charge is 0.458 e. The molecule has 1 aliphatic rings. The Morgan fingerprint density at radius 2 is 1.90 bits per heavy atom. The van der Waals surface area contributed by atoms with Crippen molar-refractivity contribution in [3.63, 3.8) is 0 Å². The van der Waals surface area contributed by atoms with E-state index in [0.717, 1.165) is 5.69 Å². The minimum Gasteiger partial charge on any atom is -0.458 e. The van der Waals surface area contributed by atoms with Crippen LogP contribution in [0, 0.1) is 0 Å². The van der Waals surface area contributed by atoms with Crippen LogP contribution in [0.2, 0.25) is 0 Å². The highest BCUT2D eigenvalue weighted by Gasteiger charge is 2.39. The summed E-state index contributed by atoms with van der Waals surface area (Å²) < 4.78 is 5.55. The molecule has 0 unspecified atom stereocenters. The first-order chi connectivity index (χ1) is 14.8. The minimum absolute atomic E-state index is 0.109. The fourth-order valence-electron chi connectivity index (χ4n) is 3.22. The van der Waals surface area contributed by atoms with Crippen molar-refractivity contribution < 1.29 is 19.4 Å². The summed E-state index contributed by atoms with van der Waals surface area (Å²) in [6, 6.07) is 13.4. The second-order valence-corrected chi connectivity index (χ2v) is 8.36. The topological polar surface area (TPSA) is 104 Å². The van der Waals surface area contributed by atoms with Gasteiger partial charge in [0.2, 0.25) is 0 Å². The number of aliphatic hydroxyl groups excluding tert-OH is 1. The summed E-state index contributed by atoms with van der Waals surface area (Å²) >= 11 is 0. The molecule has 2 heterocycles. The van der Waals surface area contributed by atoms with Crippen LogP contribution in [0.3, 0.4) is 0 Å². The number of para-hydroxylation sites is 1. The SMILES string of the molecule is CC(C)(C)OC(=O)[C@@H]1CC(C(=O)N[C@H](CO)Cc2ccccn2)=NN1c1ccccc1. The van der Waals surface area contributed by atoms with Gasteiger partial charge in [-0.1, -0.05) is 24.3 Å². The molecule has 0 radical (unpaired) electrons. The number of nitrogens with one attached hydrogen (secondary N) is 1. The molecule has 1 aromatic carbocycles. The number of pyridine rings is 1. The fraction of sp³-hybridized carbons (Fsp3) is 0.391. The maximum absolute atomic E-state index is 12.9. The second kappa shape index (κ2) is 9.70. The van der Waals surface area contributed by atoms with Gasteiger partial charge in [0, 0.05) is 24.7 Å². The van der Waals surface area contributed by atoms with E-state index in [9.17, 15) is 14.7 Å². The number of esters is 1.